The van der Waals surface area contributed by atoms with Gasteiger partial charge < -0.3 is 5.73 Å². The van der Waals surface area contributed by atoms with E-state index in [2.05, 4.69) is 4.90 Å². The van der Waals surface area contributed by atoms with E-state index in [1.165, 1.54) is 16.8 Å². The highest BCUT2D eigenvalue weighted by Crippen LogP contribution is 2.26. The van der Waals surface area contributed by atoms with Crippen LogP contribution in [0.2, 0.25) is 0 Å². The Morgan fingerprint density at radius 2 is 1.95 bits per heavy atom. The molecule has 1 unspecified atom stereocenters. The zero-order valence-corrected chi connectivity index (χ0v) is 12.7. The lowest BCUT2D eigenvalue weighted by atomic mass is 10.0. The predicted molar refractivity (Wildman–Crippen MR) is 78.8 cm³/mol. The maximum Gasteiger partial charge on any atom is 0.243 e. The number of halogens is 1. The van der Waals surface area contributed by atoms with Crippen molar-refractivity contribution < 1.29 is 12.8 Å². The summed E-state index contributed by atoms with van der Waals surface area (Å²) in [5, 5.41) is 0. The third kappa shape index (κ3) is 2.90. The van der Waals surface area contributed by atoms with Crippen molar-refractivity contribution in [2.24, 2.45) is 0 Å². The molecular formula is C14H20FN3O2S. The lowest BCUT2D eigenvalue weighted by molar-refractivity contribution is 0.0851. The van der Waals surface area contributed by atoms with Gasteiger partial charge in [0.1, 0.15) is 5.82 Å². The molecule has 2 aliphatic rings. The van der Waals surface area contributed by atoms with Gasteiger partial charge in [0.15, 0.2) is 0 Å². The van der Waals surface area contributed by atoms with Crippen LogP contribution in [0.4, 0.5) is 10.1 Å². The molecular weight excluding hydrogens is 293 g/mol. The summed E-state index contributed by atoms with van der Waals surface area (Å²) in [6, 6.07) is 3.77. The number of hydrogen-bond donors (Lipinski definition) is 1. The quantitative estimate of drug-likeness (QED) is 0.835. The molecule has 0 radical (unpaired) electrons. The molecule has 116 valence electrons. The second kappa shape index (κ2) is 5.55. The van der Waals surface area contributed by atoms with Crippen molar-refractivity contribution in [3.8, 4) is 0 Å². The van der Waals surface area contributed by atoms with Gasteiger partial charge in [-0.2, -0.15) is 4.31 Å². The van der Waals surface area contributed by atoms with Crippen LogP contribution in [0.3, 0.4) is 0 Å². The minimum atomic E-state index is -3.67. The average Bonchev–Trinajstić information content (AvgIpc) is 2.45. The van der Waals surface area contributed by atoms with Gasteiger partial charge in [-0.25, -0.2) is 12.8 Å². The number of sulfonamides is 1. The Morgan fingerprint density at radius 1 is 1.14 bits per heavy atom. The van der Waals surface area contributed by atoms with E-state index in [9.17, 15) is 12.8 Å². The maximum absolute atomic E-state index is 13.4. The molecule has 0 aromatic heterocycles. The number of hydrogen-bond acceptors (Lipinski definition) is 4. The molecule has 0 amide bonds. The largest absolute Gasteiger partial charge is 0.399 e. The number of benzene rings is 1. The second-order valence-corrected chi connectivity index (χ2v) is 7.71. The summed E-state index contributed by atoms with van der Waals surface area (Å²) in [6.07, 6.45) is 3.35. The first-order valence-corrected chi connectivity index (χ1v) is 8.71. The van der Waals surface area contributed by atoms with Gasteiger partial charge in [-0.05, 0) is 37.6 Å². The van der Waals surface area contributed by atoms with Crippen molar-refractivity contribution in [2.45, 2.75) is 30.2 Å². The number of rotatable bonds is 2. The summed E-state index contributed by atoms with van der Waals surface area (Å²) in [5.74, 6) is -0.620. The Balaban J connectivity index is 1.84. The fourth-order valence-electron chi connectivity index (χ4n) is 3.23. The van der Waals surface area contributed by atoms with Crippen molar-refractivity contribution >= 4 is 15.7 Å². The van der Waals surface area contributed by atoms with E-state index in [-0.39, 0.29) is 16.6 Å². The Bertz CT molecular complexity index is 615. The number of fused-ring (bicyclic) bond motifs is 1. The Kier molecular flexibility index (Phi) is 3.90. The zero-order chi connectivity index (χ0) is 15.0. The van der Waals surface area contributed by atoms with Crippen molar-refractivity contribution in [2.75, 3.05) is 31.9 Å². The minimum Gasteiger partial charge on any atom is -0.399 e. The average molecular weight is 313 g/mol. The van der Waals surface area contributed by atoms with E-state index in [1.807, 2.05) is 0 Å². The van der Waals surface area contributed by atoms with E-state index >= 15 is 0 Å². The molecule has 2 aliphatic heterocycles. The van der Waals surface area contributed by atoms with Crippen molar-refractivity contribution in [1.29, 1.82) is 0 Å². The summed E-state index contributed by atoms with van der Waals surface area (Å²) in [7, 11) is -3.67. The molecule has 5 nitrogen and oxygen atoms in total. The maximum atomic E-state index is 13.4. The highest BCUT2D eigenvalue weighted by molar-refractivity contribution is 7.89. The molecule has 0 bridgehead atoms. The topological polar surface area (TPSA) is 66.6 Å². The number of nitrogens with two attached hydrogens (primary N) is 1. The molecule has 7 heteroatoms. The minimum absolute atomic E-state index is 0.0516. The molecule has 1 aromatic rings. The number of anilines is 1. The van der Waals surface area contributed by atoms with Crippen LogP contribution in [-0.2, 0) is 10.0 Å². The molecule has 21 heavy (non-hydrogen) atoms. The standard InChI is InChI=1S/C14H20FN3O2S/c15-11-7-12(16)9-14(8-11)21(19,20)18-6-5-17-4-2-1-3-13(17)10-18/h7-9,13H,1-6,10,16H2. The first-order valence-electron chi connectivity index (χ1n) is 7.27. The van der Waals surface area contributed by atoms with Crippen molar-refractivity contribution in [3.05, 3.63) is 24.0 Å². The smallest absolute Gasteiger partial charge is 0.243 e. The number of nitrogens with zero attached hydrogens (tertiary/aromatic N) is 2. The van der Waals surface area contributed by atoms with Gasteiger partial charge in [-0.1, -0.05) is 6.42 Å². The van der Waals surface area contributed by atoms with Gasteiger partial charge in [0, 0.05) is 31.4 Å². The SMILES string of the molecule is Nc1cc(F)cc(S(=O)(=O)N2CCN3CCCCC3C2)c1. The highest BCUT2D eigenvalue weighted by atomic mass is 32.2. The zero-order valence-electron chi connectivity index (χ0n) is 11.8. The lowest BCUT2D eigenvalue weighted by Crippen LogP contribution is -2.56. The van der Waals surface area contributed by atoms with Gasteiger partial charge in [0.05, 0.1) is 4.90 Å². The molecule has 0 aliphatic carbocycles. The van der Waals surface area contributed by atoms with E-state index in [4.69, 9.17) is 5.73 Å². The third-order valence-corrected chi connectivity index (χ3v) is 6.17. The molecule has 2 fully saturated rings. The molecule has 2 saturated heterocycles. The van der Waals surface area contributed by atoms with E-state index in [0.29, 0.717) is 13.1 Å². The van der Waals surface area contributed by atoms with Gasteiger partial charge in [-0.3, -0.25) is 4.90 Å². The Morgan fingerprint density at radius 3 is 2.71 bits per heavy atom. The van der Waals surface area contributed by atoms with Crippen LogP contribution in [0.1, 0.15) is 19.3 Å². The molecule has 2 N–H and O–H groups in total. The molecule has 1 atom stereocenters. The monoisotopic (exact) mass is 313 g/mol. The molecule has 0 saturated carbocycles. The van der Waals surface area contributed by atoms with Crippen LogP contribution in [0.25, 0.3) is 0 Å². The number of nitrogen functional groups attached to an aromatic ring is 1. The summed E-state index contributed by atoms with van der Waals surface area (Å²) in [5.41, 5.74) is 5.69. The fraction of sp³-hybridized carbons (Fsp3) is 0.571. The lowest BCUT2D eigenvalue weighted by Gasteiger charge is -2.43. The Hall–Kier alpha value is -1.18. The van der Waals surface area contributed by atoms with Crippen LogP contribution in [0.5, 0.6) is 0 Å². The highest BCUT2D eigenvalue weighted by Gasteiger charge is 2.35. The van der Waals surface area contributed by atoms with Gasteiger partial charge in [0.25, 0.3) is 0 Å². The predicted octanol–water partition coefficient (Wildman–Crippen LogP) is 1.27. The molecule has 1 aromatic carbocycles. The molecule has 3 rings (SSSR count). The van der Waals surface area contributed by atoms with Crippen LogP contribution in [0.15, 0.2) is 23.1 Å². The van der Waals surface area contributed by atoms with Crippen LogP contribution in [-0.4, -0.2) is 49.8 Å². The number of piperazine rings is 1. The fourth-order valence-corrected chi connectivity index (χ4v) is 4.76. The molecule has 0 spiro atoms. The van der Waals surface area contributed by atoms with E-state index in [1.54, 1.807) is 0 Å². The van der Waals surface area contributed by atoms with Crippen molar-refractivity contribution in [3.63, 3.8) is 0 Å². The summed E-state index contributed by atoms with van der Waals surface area (Å²) >= 11 is 0. The second-order valence-electron chi connectivity index (χ2n) is 5.77. The molecule has 2 heterocycles. The van der Waals surface area contributed by atoms with Gasteiger partial charge in [0.2, 0.25) is 10.0 Å². The van der Waals surface area contributed by atoms with Crippen LogP contribution >= 0.6 is 0 Å². The third-order valence-electron chi connectivity index (χ3n) is 4.33. The summed E-state index contributed by atoms with van der Waals surface area (Å²) in [6.45, 7) is 2.73. The summed E-state index contributed by atoms with van der Waals surface area (Å²) in [4.78, 5) is 2.30. The van der Waals surface area contributed by atoms with E-state index in [0.717, 1.165) is 38.1 Å². The Labute approximate surface area is 124 Å². The van der Waals surface area contributed by atoms with Crippen LogP contribution in [0, 0.1) is 5.82 Å². The van der Waals surface area contributed by atoms with Crippen LogP contribution < -0.4 is 5.73 Å². The first kappa shape index (κ1) is 14.7. The normalized spacial score (nSPS) is 24.7. The van der Waals surface area contributed by atoms with Crippen molar-refractivity contribution in [1.82, 2.24) is 9.21 Å². The number of piperidine rings is 1. The van der Waals surface area contributed by atoms with Gasteiger partial charge in [-0.15, -0.1) is 0 Å². The van der Waals surface area contributed by atoms with E-state index < -0.39 is 15.8 Å². The summed E-state index contributed by atoms with van der Waals surface area (Å²) < 4.78 is 40.2. The van der Waals surface area contributed by atoms with Gasteiger partial charge >= 0.3 is 0 Å². The first-order chi connectivity index (χ1) is 9.96.